The van der Waals surface area contributed by atoms with E-state index in [9.17, 15) is 9.59 Å². The zero-order valence-corrected chi connectivity index (χ0v) is 10.2. The molecule has 94 valence electrons. The Bertz CT molecular complexity index is 229. The molecule has 5 heteroatoms. The number of rotatable bonds is 8. The van der Waals surface area contributed by atoms with Crippen LogP contribution in [-0.2, 0) is 9.59 Å². The first-order chi connectivity index (χ1) is 7.49. The molecule has 0 saturated heterocycles. The van der Waals surface area contributed by atoms with Crippen LogP contribution in [-0.4, -0.2) is 36.6 Å². The molecule has 0 rings (SSSR count). The van der Waals surface area contributed by atoms with Gasteiger partial charge in [0.25, 0.3) is 0 Å². The van der Waals surface area contributed by atoms with Crippen LogP contribution in [0.2, 0.25) is 0 Å². The Morgan fingerprint density at radius 3 is 2.38 bits per heavy atom. The van der Waals surface area contributed by atoms with E-state index >= 15 is 0 Å². The number of amides is 1. The first-order valence-corrected chi connectivity index (χ1v) is 5.69. The molecule has 0 bridgehead atoms. The van der Waals surface area contributed by atoms with Crippen molar-refractivity contribution in [3.05, 3.63) is 0 Å². The van der Waals surface area contributed by atoms with Crippen LogP contribution in [0.25, 0.3) is 0 Å². The molecule has 1 atom stereocenters. The Labute approximate surface area is 96.6 Å². The second-order valence-electron chi connectivity index (χ2n) is 4.17. The summed E-state index contributed by atoms with van der Waals surface area (Å²) in [6.45, 7) is 6.92. The molecule has 0 aliphatic rings. The molecule has 1 unspecified atom stereocenters. The molecule has 5 nitrogen and oxygen atoms in total. The summed E-state index contributed by atoms with van der Waals surface area (Å²) in [4.78, 5) is 22.1. The van der Waals surface area contributed by atoms with Crippen LogP contribution >= 0.6 is 0 Å². The van der Waals surface area contributed by atoms with E-state index < -0.39 is 11.9 Å². The fourth-order valence-corrected chi connectivity index (χ4v) is 1.27. The highest BCUT2D eigenvalue weighted by molar-refractivity contribution is 5.79. The topological polar surface area (TPSA) is 78.4 Å². The lowest BCUT2D eigenvalue weighted by Gasteiger charge is -2.16. The van der Waals surface area contributed by atoms with Gasteiger partial charge < -0.3 is 15.7 Å². The lowest BCUT2D eigenvalue weighted by atomic mass is 9.96. The van der Waals surface area contributed by atoms with Gasteiger partial charge in [-0.15, -0.1) is 0 Å². The van der Waals surface area contributed by atoms with Crippen molar-refractivity contribution < 1.29 is 14.7 Å². The minimum atomic E-state index is -0.864. The highest BCUT2D eigenvalue weighted by atomic mass is 16.4. The van der Waals surface area contributed by atoms with Gasteiger partial charge in [0.05, 0.1) is 12.5 Å². The average Bonchev–Trinajstić information content (AvgIpc) is 2.17. The van der Waals surface area contributed by atoms with Gasteiger partial charge in [-0.3, -0.25) is 9.59 Å². The minimum Gasteiger partial charge on any atom is -0.481 e. The van der Waals surface area contributed by atoms with Crippen LogP contribution in [0.1, 0.15) is 27.2 Å². The summed E-state index contributed by atoms with van der Waals surface area (Å²) in [6, 6.07) is 0. The molecule has 0 saturated carbocycles. The third-order valence-electron chi connectivity index (χ3n) is 2.35. The monoisotopic (exact) mass is 230 g/mol. The number of carbonyl (C=O) groups is 2. The first kappa shape index (κ1) is 14.9. The van der Waals surface area contributed by atoms with Crippen molar-refractivity contribution in [3.63, 3.8) is 0 Å². The Morgan fingerprint density at radius 1 is 1.31 bits per heavy atom. The van der Waals surface area contributed by atoms with Crippen molar-refractivity contribution in [3.8, 4) is 0 Å². The van der Waals surface area contributed by atoms with Crippen molar-refractivity contribution in [2.75, 3.05) is 19.6 Å². The van der Waals surface area contributed by atoms with Crippen LogP contribution in [0.3, 0.4) is 0 Å². The van der Waals surface area contributed by atoms with Crippen LogP contribution in [0.5, 0.6) is 0 Å². The van der Waals surface area contributed by atoms with Gasteiger partial charge in [-0.2, -0.15) is 0 Å². The third-order valence-corrected chi connectivity index (χ3v) is 2.35. The molecule has 3 N–H and O–H groups in total. The maximum atomic E-state index is 11.3. The summed E-state index contributed by atoms with van der Waals surface area (Å²) in [6.07, 6.45) is 0.969. The fourth-order valence-electron chi connectivity index (χ4n) is 1.27. The molecule has 0 spiro atoms. The van der Waals surface area contributed by atoms with Gasteiger partial charge in [-0.25, -0.2) is 0 Å². The summed E-state index contributed by atoms with van der Waals surface area (Å²) in [5, 5.41) is 14.5. The number of hydrogen-bond acceptors (Lipinski definition) is 3. The SMILES string of the molecule is CCCNCC(=O)NCC(C(=O)O)C(C)C. The zero-order valence-electron chi connectivity index (χ0n) is 10.2. The molecule has 0 aromatic rings. The standard InChI is InChI=1S/C11H22N2O3/c1-4-5-12-7-10(14)13-6-9(8(2)3)11(15)16/h8-9,12H,4-7H2,1-3H3,(H,13,14)(H,15,16). The van der Waals surface area contributed by atoms with E-state index in [1.165, 1.54) is 0 Å². The van der Waals surface area contributed by atoms with E-state index in [1.54, 1.807) is 0 Å². The number of carboxylic acids is 1. The summed E-state index contributed by atoms with van der Waals surface area (Å²) in [5.74, 6) is -1.52. The largest absolute Gasteiger partial charge is 0.481 e. The predicted molar refractivity (Wildman–Crippen MR) is 62.1 cm³/mol. The molecule has 1 amide bonds. The Balaban J connectivity index is 3.83. The normalized spacial score (nSPS) is 12.5. The minimum absolute atomic E-state index is 0.0152. The van der Waals surface area contributed by atoms with Crippen LogP contribution < -0.4 is 10.6 Å². The van der Waals surface area contributed by atoms with Gasteiger partial charge in [0, 0.05) is 6.54 Å². The van der Waals surface area contributed by atoms with E-state index in [0.29, 0.717) is 0 Å². The van der Waals surface area contributed by atoms with Gasteiger partial charge >= 0.3 is 5.97 Å². The lowest BCUT2D eigenvalue weighted by molar-refractivity contribution is -0.143. The number of carboxylic acid groups (broad SMARTS) is 1. The molecule has 0 fully saturated rings. The second-order valence-corrected chi connectivity index (χ2v) is 4.17. The molecule has 0 heterocycles. The molecular weight excluding hydrogens is 208 g/mol. The number of aliphatic carboxylic acids is 1. The van der Waals surface area contributed by atoms with Crippen LogP contribution in [0.4, 0.5) is 0 Å². The molecule has 0 aliphatic heterocycles. The highest BCUT2D eigenvalue weighted by Crippen LogP contribution is 2.09. The van der Waals surface area contributed by atoms with Crippen molar-refractivity contribution in [2.24, 2.45) is 11.8 Å². The van der Waals surface area contributed by atoms with Crippen molar-refractivity contribution in [1.82, 2.24) is 10.6 Å². The Kier molecular flexibility index (Phi) is 7.54. The zero-order chi connectivity index (χ0) is 12.6. The van der Waals surface area contributed by atoms with Crippen molar-refractivity contribution in [1.29, 1.82) is 0 Å². The first-order valence-electron chi connectivity index (χ1n) is 5.69. The van der Waals surface area contributed by atoms with Crippen LogP contribution in [0.15, 0.2) is 0 Å². The average molecular weight is 230 g/mol. The second kappa shape index (κ2) is 8.10. The molecule has 0 aromatic heterocycles. The van der Waals surface area contributed by atoms with E-state index in [2.05, 4.69) is 10.6 Å². The number of nitrogens with one attached hydrogen (secondary N) is 2. The molecule has 16 heavy (non-hydrogen) atoms. The number of hydrogen-bond donors (Lipinski definition) is 3. The molecule has 0 aliphatic carbocycles. The van der Waals surface area contributed by atoms with Gasteiger partial charge in [0.1, 0.15) is 0 Å². The van der Waals surface area contributed by atoms with Crippen LogP contribution in [0, 0.1) is 11.8 Å². The fraction of sp³-hybridized carbons (Fsp3) is 0.818. The van der Waals surface area contributed by atoms with E-state index in [1.807, 2.05) is 20.8 Å². The van der Waals surface area contributed by atoms with Gasteiger partial charge in [-0.1, -0.05) is 20.8 Å². The molecule has 0 aromatic carbocycles. The summed E-state index contributed by atoms with van der Waals surface area (Å²) in [7, 11) is 0. The Hall–Kier alpha value is -1.10. The smallest absolute Gasteiger partial charge is 0.308 e. The maximum Gasteiger partial charge on any atom is 0.308 e. The summed E-state index contributed by atoms with van der Waals surface area (Å²) >= 11 is 0. The van der Waals surface area contributed by atoms with Gasteiger partial charge in [0.2, 0.25) is 5.91 Å². The molecular formula is C11H22N2O3. The Morgan fingerprint density at radius 2 is 1.94 bits per heavy atom. The maximum absolute atomic E-state index is 11.3. The van der Waals surface area contributed by atoms with Crippen molar-refractivity contribution >= 4 is 11.9 Å². The van der Waals surface area contributed by atoms with E-state index in [0.717, 1.165) is 13.0 Å². The summed E-state index contributed by atoms with van der Waals surface area (Å²) < 4.78 is 0. The highest BCUT2D eigenvalue weighted by Gasteiger charge is 2.21. The van der Waals surface area contributed by atoms with E-state index in [4.69, 9.17) is 5.11 Å². The van der Waals surface area contributed by atoms with Gasteiger partial charge in [0.15, 0.2) is 0 Å². The lowest BCUT2D eigenvalue weighted by Crippen LogP contribution is -2.40. The van der Waals surface area contributed by atoms with Gasteiger partial charge in [-0.05, 0) is 18.9 Å². The van der Waals surface area contributed by atoms with Crippen molar-refractivity contribution in [2.45, 2.75) is 27.2 Å². The summed E-state index contributed by atoms with van der Waals surface area (Å²) in [5.41, 5.74) is 0. The molecule has 0 radical (unpaired) electrons. The number of carbonyl (C=O) groups excluding carboxylic acids is 1. The quantitative estimate of drug-likeness (QED) is 0.529. The predicted octanol–water partition coefficient (Wildman–Crippen LogP) is 0.459. The van der Waals surface area contributed by atoms with E-state index in [-0.39, 0.29) is 24.9 Å². The third kappa shape index (κ3) is 6.40.